The van der Waals surface area contributed by atoms with Crippen molar-refractivity contribution in [3.05, 3.63) is 111 Å². The van der Waals surface area contributed by atoms with Crippen LogP contribution in [0.1, 0.15) is 73.8 Å². The lowest BCUT2D eigenvalue weighted by atomic mass is 9.82. The van der Waals surface area contributed by atoms with Crippen LogP contribution in [0.2, 0.25) is 18.6 Å². The van der Waals surface area contributed by atoms with Crippen LogP contribution in [0.4, 0.5) is 21.2 Å². The van der Waals surface area contributed by atoms with Gasteiger partial charge in [0.1, 0.15) is 0 Å². The predicted molar refractivity (Wildman–Crippen MR) is 204 cm³/mol. The Morgan fingerprint density at radius 2 is 1.83 bits per heavy atom. The van der Waals surface area contributed by atoms with Gasteiger partial charge >= 0.3 is 0 Å². The van der Waals surface area contributed by atoms with Crippen molar-refractivity contribution in [3.8, 4) is 0 Å². The van der Waals surface area contributed by atoms with Crippen LogP contribution in [0.3, 0.4) is 0 Å². The second-order valence-corrected chi connectivity index (χ2v) is 19.1. The number of halogens is 1. The second kappa shape index (κ2) is 15.2. The number of hydrogen-bond donors (Lipinski definition) is 1. The Hall–Kier alpha value is -4.79. The maximum atomic E-state index is 16.5. The minimum atomic E-state index is -3.51. The number of aromatic nitrogens is 3. The smallest absolute Gasteiger partial charge is 0.269 e. The van der Waals surface area contributed by atoms with E-state index in [2.05, 4.69) is 10.3 Å². The Labute approximate surface area is 315 Å². The van der Waals surface area contributed by atoms with Crippen molar-refractivity contribution in [3.63, 3.8) is 0 Å². The van der Waals surface area contributed by atoms with Crippen LogP contribution in [0, 0.1) is 16.0 Å². The number of non-ortho nitro benzene ring substituents is 1. The summed E-state index contributed by atoms with van der Waals surface area (Å²) in [7, 11) is -3.51. The number of aryl methyl sites for hydroxylation is 1. The third kappa shape index (κ3) is 6.98. The standard InChI is InChI=1S/C40H47FN6O6Si/c1-27-38(54(2,3)41)36(19-21-44-25-34(42-43-44)32(26-48)29-13-7-6-8-14-29)53-40(27)33-23-31(47(51)52)17-18-35(33)46(39(40)50)24-28-12-11-15-30(22-28)45-20-10-5-4-9-16-37(45)49/h6-8,11-15,17-18,22-23,25,27,32,36,38,48H,4-5,9-10,16,19-21,24,26H2,1-3H3/t27-,32?,36+,38-,40+/m0/s1. The summed E-state index contributed by atoms with van der Waals surface area (Å²) in [5, 5.41) is 30.9. The molecule has 3 aromatic carbocycles. The number of carbonyl (C=O) groups is 2. The molecule has 3 aliphatic heterocycles. The number of amides is 2. The lowest BCUT2D eigenvalue weighted by Crippen LogP contribution is -2.45. The van der Waals surface area contributed by atoms with E-state index in [1.54, 1.807) is 34.9 Å². The molecule has 1 spiro atoms. The molecule has 0 saturated carbocycles. The van der Waals surface area contributed by atoms with E-state index in [9.17, 15) is 24.8 Å². The van der Waals surface area contributed by atoms with Crippen molar-refractivity contribution >= 4 is 37.3 Å². The zero-order valence-electron chi connectivity index (χ0n) is 30.9. The highest BCUT2D eigenvalue weighted by Gasteiger charge is 2.67. The van der Waals surface area contributed by atoms with Crippen LogP contribution in [-0.4, -0.2) is 64.5 Å². The normalized spacial score (nSPS) is 23.8. The van der Waals surface area contributed by atoms with E-state index in [0.29, 0.717) is 42.9 Å². The first kappa shape index (κ1) is 37.5. The van der Waals surface area contributed by atoms with Gasteiger partial charge in [-0.2, -0.15) is 0 Å². The number of nitrogens with zero attached hydrogens (tertiary/aromatic N) is 6. The number of anilines is 2. The molecule has 4 heterocycles. The van der Waals surface area contributed by atoms with Crippen LogP contribution in [-0.2, 0) is 33.0 Å². The van der Waals surface area contributed by atoms with E-state index >= 15 is 4.11 Å². The van der Waals surface area contributed by atoms with Crippen molar-refractivity contribution in [1.82, 2.24) is 15.0 Å². The molecule has 1 unspecified atom stereocenters. The molecule has 0 aliphatic carbocycles. The third-order valence-electron chi connectivity index (χ3n) is 11.5. The van der Waals surface area contributed by atoms with Crippen molar-refractivity contribution < 1.29 is 28.5 Å². The van der Waals surface area contributed by atoms with Gasteiger partial charge in [-0.15, -0.1) is 5.10 Å². The molecule has 0 bridgehead atoms. The summed E-state index contributed by atoms with van der Waals surface area (Å²) < 4.78 is 25.0. The highest BCUT2D eigenvalue weighted by Crippen LogP contribution is 2.60. The van der Waals surface area contributed by atoms with Crippen molar-refractivity contribution in [2.75, 3.05) is 23.0 Å². The first-order valence-corrected chi connectivity index (χ1v) is 21.8. The van der Waals surface area contributed by atoms with Crippen LogP contribution in [0.15, 0.2) is 79.0 Å². The molecule has 4 aromatic rings. The molecule has 14 heteroatoms. The maximum Gasteiger partial charge on any atom is 0.269 e. The van der Waals surface area contributed by atoms with Crippen LogP contribution >= 0.6 is 0 Å². The molecule has 12 nitrogen and oxygen atoms in total. The van der Waals surface area contributed by atoms with Crippen LogP contribution in [0.25, 0.3) is 0 Å². The van der Waals surface area contributed by atoms with E-state index in [1.165, 1.54) is 12.1 Å². The maximum absolute atomic E-state index is 16.5. The number of aliphatic hydroxyl groups excluding tert-OH is 1. The van der Waals surface area contributed by atoms with Crippen LogP contribution < -0.4 is 9.80 Å². The fraction of sp³-hybridized carbons (Fsp3) is 0.450. The zero-order valence-corrected chi connectivity index (χ0v) is 31.9. The molecular weight excluding hydrogens is 708 g/mol. The van der Waals surface area contributed by atoms with Gasteiger partial charge in [0.05, 0.1) is 41.5 Å². The van der Waals surface area contributed by atoms with E-state index in [-0.39, 0.29) is 36.6 Å². The third-order valence-corrected chi connectivity index (χ3v) is 13.9. The second-order valence-electron chi connectivity index (χ2n) is 15.3. The summed E-state index contributed by atoms with van der Waals surface area (Å²) in [5.41, 5.74) is 1.47. The first-order valence-electron chi connectivity index (χ1n) is 18.8. The quantitative estimate of drug-likeness (QED) is 0.0745. The summed E-state index contributed by atoms with van der Waals surface area (Å²) in [6.45, 7) is 5.99. The Bertz CT molecular complexity index is 2020. The molecule has 5 atom stereocenters. The van der Waals surface area contributed by atoms with Crippen molar-refractivity contribution in [2.45, 2.75) is 94.8 Å². The SMILES string of the molecule is C[C@H]1[C@H]([Si](C)(C)F)[C@@H](CCn2cc(C(CO)c3ccccc3)nn2)O[C@]12C(=O)N(Cc1cccc(N3CCCCCCC3=O)c1)c1ccc([N+](=O)[O-])cc12. The van der Waals surface area contributed by atoms with Gasteiger partial charge in [0.25, 0.3) is 11.6 Å². The lowest BCUT2D eigenvalue weighted by Gasteiger charge is -2.31. The van der Waals surface area contributed by atoms with Gasteiger partial charge in [0.15, 0.2) is 5.60 Å². The molecule has 2 amide bonds. The number of aliphatic hydroxyl groups is 1. The van der Waals surface area contributed by atoms with Crippen molar-refractivity contribution in [2.24, 2.45) is 5.92 Å². The fourth-order valence-corrected chi connectivity index (χ4v) is 11.5. The predicted octanol–water partition coefficient (Wildman–Crippen LogP) is 7.02. The molecule has 7 rings (SSSR count). The van der Waals surface area contributed by atoms with E-state index in [0.717, 1.165) is 42.5 Å². The molecular formula is C40H47FN6O6Si. The van der Waals surface area contributed by atoms with Gasteiger partial charge in [0, 0.05) is 60.5 Å². The summed E-state index contributed by atoms with van der Waals surface area (Å²) in [4.78, 5) is 43.0. The fourth-order valence-electron chi connectivity index (χ4n) is 8.91. The lowest BCUT2D eigenvalue weighted by molar-refractivity contribution is -0.385. The summed E-state index contributed by atoms with van der Waals surface area (Å²) in [5.74, 6) is -1.31. The minimum absolute atomic E-state index is 0.0792. The monoisotopic (exact) mass is 754 g/mol. The van der Waals surface area contributed by atoms with Crippen molar-refractivity contribution in [1.29, 1.82) is 0 Å². The van der Waals surface area contributed by atoms with E-state index in [4.69, 9.17) is 4.74 Å². The molecule has 2 fully saturated rings. The van der Waals surface area contributed by atoms with Gasteiger partial charge in [0.2, 0.25) is 14.3 Å². The van der Waals surface area contributed by atoms with Gasteiger partial charge in [-0.25, -0.2) is 0 Å². The molecule has 0 radical (unpaired) electrons. The Morgan fingerprint density at radius 3 is 2.57 bits per heavy atom. The molecule has 2 saturated heterocycles. The molecule has 3 aliphatic rings. The van der Waals surface area contributed by atoms with Crippen LogP contribution in [0.5, 0.6) is 0 Å². The number of nitro benzene ring substituents is 1. The molecule has 1 aromatic heterocycles. The van der Waals surface area contributed by atoms with E-state index in [1.807, 2.05) is 66.4 Å². The molecule has 54 heavy (non-hydrogen) atoms. The average Bonchev–Trinajstić information content (AvgIpc) is 3.80. The number of benzene rings is 3. The van der Waals surface area contributed by atoms with Gasteiger partial charge in [-0.05, 0) is 61.7 Å². The highest BCUT2D eigenvalue weighted by molar-refractivity contribution is 6.72. The number of hydrogen-bond acceptors (Lipinski definition) is 8. The summed E-state index contributed by atoms with van der Waals surface area (Å²) in [6, 6.07) is 21.5. The number of rotatable bonds is 11. The minimum Gasteiger partial charge on any atom is -0.395 e. The van der Waals surface area contributed by atoms with E-state index < -0.39 is 36.5 Å². The van der Waals surface area contributed by atoms with Gasteiger partial charge < -0.3 is 23.8 Å². The summed E-state index contributed by atoms with van der Waals surface area (Å²) >= 11 is 0. The Kier molecular flexibility index (Phi) is 10.5. The molecule has 284 valence electrons. The van der Waals surface area contributed by atoms with Gasteiger partial charge in [-0.1, -0.05) is 67.4 Å². The highest BCUT2D eigenvalue weighted by atomic mass is 28.4. The number of carbonyl (C=O) groups excluding carboxylic acids is 2. The molecule has 1 N–H and O–H groups in total. The topological polar surface area (TPSA) is 144 Å². The average molecular weight is 755 g/mol. The largest absolute Gasteiger partial charge is 0.395 e. The van der Waals surface area contributed by atoms with Gasteiger partial charge in [-0.3, -0.25) is 24.4 Å². The Morgan fingerprint density at radius 1 is 1.06 bits per heavy atom. The number of fused-ring (bicyclic) bond motifs is 2. The number of nitro groups is 1. The Balaban J connectivity index is 1.19. The first-order chi connectivity index (χ1) is 25.9. The zero-order chi connectivity index (χ0) is 38.2. The summed E-state index contributed by atoms with van der Waals surface area (Å²) in [6.07, 6.45) is 5.76. The number of ether oxygens (including phenoxy) is 1.